The number of carbonyl (C=O) groups excluding carboxylic acids is 2. The minimum absolute atomic E-state index is 0.439. The molecule has 18 heavy (non-hydrogen) atoms. The lowest BCUT2D eigenvalue weighted by atomic mass is 9.87. The number of rotatable bonds is 2. The summed E-state index contributed by atoms with van der Waals surface area (Å²) in [6, 6.07) is 3.45. The van der Waals surface area contributed by atoms with Crippen LogP contribution < -0.4 is 4.57 Å². The van der Waals surface area contributed by atoms with E-state index < -0.39 is 11.6 Å². The number of nitrogens with zero attached hydrogens (tertiary/aromatic N) is 1. The molecule has 1 aliphatic rings. The quantitative estimate of drug-likeness (QED) is 0.449. The van der Waals surface area contributed by atoms with E-state index in [4.69, 9.17) is 0 Å². The van der Waals surface area contributed by atoms with Crippen molar-refractivity contribution in [3.63, 3.8) is 0 Å². The van der Waals surface area contributed by atoms with Crippen LogP contribution in [0.2, 0.25) is 0 Å². The van der Waals surface area contributed by atoms with Gasteiger partial charge in [-0.3, -0.25) is 9.59 Å². The Balaban J connectivity index is 2.75. The molecule has 3 heteroatoms. The number of allylic oxidation sites excluding steroid dienone is 5. The molecule has 90 valence electrons. The van der Waals surface area contributed by atoms with Crippen LogP contribution in [0.5, 0.6) is 0 Å². The minimum atomic E-state index is -0.454. The number of hydrogen-bond acceptors (Lipinski definition) is 2. The highest BCUT2D eigenvalue weighted by molar-refractivity contribution is 6.52. The number of fused-ring (bicyclic) bond motifs is 1. The standard InChI is InChI=1S/C15H14NO2/c1-4-5-7-11-10(2)13-12(15(18)14(11)17)8-6-9-16(13)3/h4-9H,1H2,2-3H3/q+1/b7-5-. The maximum atomic E-state index is 12.0. The molecule has 0 bridgehead atoms. The van der Waals surface area contributed by atoms with E-state index in [-0.39, 0.29) is 0 Å². The monoisotopic (exact) mass is 240 g/mol. The van der Waals surface area contributed by atoms with Gasteiger partial charge in [0.1, 0.15) is 7.05 Å². The second kappa shape index (κ2) is 4.53. The number of aromatic nitrogens is 1. The molecular formula is C15H14NO2+. The van der Waals surface area contributed by atoms with Crippen LogP contribution in [-0.2, 0) is 11.8 Å². The first-order valence-electron chi connectivity index (χ1n) is 5.66. The van der Waals surface area contributed by atoms with Crippen molar-refractivity contribution in [2.75, 3.05) is 0 Å². The molecule has 0 spiro atoms. The van der Waals surface area contributed by atoms with Gasteiger partial charge in [-0.25, -0.2) is 4.57 Å². The first-order valence-corrected chi connectivity index (χ1v) is 5.66. The number of hydrogen-bond donors (Lipinski definition) is 0. The zero-order chi connectivity index (χ0) is 13.3. The molecule has 1 heterocycles. The number of carbonyl (C=O) groups is 2. The van der Waals surface area contributed by atoms with Gasteiger partial charge < -0.3 is 0 Å². The predicted molar refractivity (Wildman–Crippen MR) is 68.9 cm³/mol. The van der Waals surface area contributed by atoms with Crippen LogP contribution in [0.1, 0.15) is 23.0 Å². The van der Waals surface area contributed by atoms with Crippen LogP contribution >= 0.6 is 0 Å². The summed E-state index contributed by atoms with van der Waals surface area (Å²) in [7, 11) is 1.86. The Morgan fingerprint density at radius 2 is 2.00 bits per heavy atom. The van der Waals surface area contributed by atoms with Crippen LogP contribution in [0, 0.1) is 0 Å². The van der Waals surface area contributed by atoms with Crippen molar-refractivity contribution in [3.05, 3.63) is 60.0 Å². The van der Waals surface area contributed by atoms with Crippen molar-refractivity contribution in [2.24, 2.45) is 7.05 Å². The van der Waals surface area contributed by atoms with Crippen molar-refractivity contribution in [2.45, 2.75) is 6.92 Å². The molecule has 2 rings (SSSR count). The third-order valence-electron chi connectivity index (χ3n) is 3.03. The Kier molecular flexibility index (Phi) is 3.06. The molecule has 1 aromatic heterocycles. The van der Waals surface area contributed by atoms with E-state index in [0.29, 0.717) is 11.1 Å². The number of ketones is 2. The molecular weight excluding hydrogens is 226 g/mol. The Morgan fingerprint density at radius 3 is 2.67 bits per heavy atom. The maximum absolute atomic E-state index is 12.0. The van der Waals surface area contributed by atoms with Crippen molar-refractivity contribution >= 4 is 17.1 Å². The van der Waals surface area contributed by atoms with Gasteiger partial charge in [-0.15, -0.1) is 0 Å². The fourth-order valence-corrected chi connectivity index (χ4v) is 2.17. The average molecular weight is 240 g/mol. The van der Waals surface area contributed by atoms with E-state index in [2.05, 4.69) is 6.58 Å². The Morgan fingerprint density at radius 1 is 1.28 bits per heavy atom. The Labute approximate surface area is 106 Å². The molecule has 3 nitrogen and oxygen atoms in total. The van der Waals surface area contributed by atoms with Crippen LogP contribution in [0.4, 0.5) is 0 Å². The first kappa shape index (κ1) is 12.2. The van der Waals surface area contributed by atoms with Crippen molar-refractivity contribution in [1.29, 1.82) is 0 Å². The Hall–Kier alpha value is -2.29. The van der Waals surface area contributed by atoms with Crippen LogP contribution in [0.25, 0.3) is 5.57 Å². The lowest BCUT2D eigenvalue weighted by molar-refractivity contribution is -0.674. The SMILES string of the molecule is C=C/C=C\C1=C(C)c2c(ccc[n+]2C)C(=O)C1=O. The topological polar surface area (TPSA) is 38.0 Å². The van der Waals surface area contributed by atoms with E-state index in [9.17, 15) is 9.59 Å². The van der Waals surface area contributed by atoms with Crippen molar-refractivity contribution in [1.82, 2.24) is 0 Å². The molecule has 0 amide bonds. The van der Waals surface area contributed by atoms with Gasteiger partial charge in [-0.05, 0) is 13.0 Å². The van der Waals surface area contributed by atoms with Crippen LogP contribution in [-0.4, -0.2) is 11.6 Å². The van der Waals surface area contributed by atoms with E-state index in [0.717, 1.165) is 11.3 Å². The minimum Gasteiger partial charge on any atom is -0.285 e. The molecule has 0 aromatic carbocycles. The van der Waals surface area contributed by atoms with Crippen LogP contribution in [0.15, 0.2) is 48.7 Å². The summed E-state index contributed by atoms with van der Waals surface area (Å²) in [6.07, 6.45) is 6.75. The zero-order valence-electron chi connectivity index (χ0n) is 10.4. The molecule has 0 fully saturated rings. The van der Waals surface area contributed by atoms with Crippen molar-refractivity contribution < 1.29 is 14.2 Å². The summed E-state index contributed by atoms with van der Waals surface area (Å²) >= 11 is 0. The van der Waals surface area contributed by atoms with Gasteiger partial charge in [0.05, 0.1) is 5.56 Å². The first-order chi connectivity index (χ1) is 8.57. The highest BCUT2D eigenvalue weighted by atomic mass is 16.2. The highest BCUT2D eigenvalue weighted by Gasteiger charge is 2.34. The maximum Gasteiger partial charge on any atom is 0.240 e. The highest BCUT2D eigenvalue weighted by Crippen LogP contribution is 2.27. The van der Waals surface area contributed by atoms with Gasteiger partial charge in [0.15, 0.2) is 6.20 Å². The summed E-state index contributed by atoms with van der Waals surface area (Å²) < 4.78 is 1.86. The van der Waals surface area contributed by atoms with Crippen LogP contribution in [0.3, 0.4) is 0 Å². The number of Topliss-reactive ketones (excluding diaryl/α,β-unsaturated/α-hetero) is 2. The number of pyridine rings is 1. The molecule has 1 aliphatic carbocycles. The Bertz CT molecular complexity index is 621. The van der Waals surface area contributed by atoms with Crippen molar-refractivity contribution in [3.8, 4) is 0 Å². The fourth-order valence-electron chi connectivity index (χ4n) is 2.17. The average Bonchev–Trinajstić information content (AvgIpc) is 2.36. The second-order valence-electron chi connectivity index (χ2n) is 4.17. The summed E-state index contributed by atoms with van der Waals surface area (Å²) in [4.78, 5) is 24.0. The van der Waals surface area contributed by atoms with Gasteiger partial charge in [0.2, 0.25) is 17.3 Å². The van der Waals surface area contributed by atoms with Gasteiger partial charge >= 0.3 is 0 Å². The van der Waals surface area contributed by atoms with Gasteiger partial charge in [-0.2, -0.15) is 0 Å². The molecule has 0 aliphatic heterocycles. The van der Waals surface area contributed by atoms with E-state index >= 15 is 0 Å². The van der Waals surface area contributed by atoms with Gasteiger partial charge in [-0.1, -0.05) is 24.8 Å². The molecule has 0 unspecified atom stereocenters. The largest absolute Gasteiger partial charge is 0.285 e. The summed E-state index contributed by atoms with van der Waals surface area (Å²) in [6.45, 7) is 5.42. The zero-order valence-corrected chi connectivity index (χ0v) is 10.4. The molecule has 0 radical (unpaired) electrons. The van der Waals surface area contributed by atoms with E-state index in [1.165, 1.54) is 0 Å². The van der Waals surface area contributed by atoms with E-state index in [1.54, 1.807) is 30.4 Å². The van der Waals surface area contributed by atoms with Gasteiger partial charge in [0.25, 0.3) is 0 Å². The summed E-state index contributed by atoms with van der Waals surface area (Å²) in [5.41, 5.74) is 2.52. The fraction of sp³-hybridized carbons (Fsp3) is 0.133. The molecule has 0 saturated carbocycles. The third kappa shape index (κ3) is 1.74. The smallest absolute Gasteiger partial charge is 0.240 e. The normalized spacial score (nSPS) is 15.2. The molecule has 0 saturated heterocycles. The third-order valence-corrected chi connectivity index (χ3v) is 3.03. The summed E-state index contributed by atoms with van der Waals surface area (Å²) in [5.74, 6) is -0.903. The number of aryl methyl sites for hydroxylation is 1. The van der Waals surface area contributed by atoms with Gasteiger partial charge in [0, 0.05) is 17.2 Å². The summed E-state index contributed by atoms with van der Waals surface area (Å²) in [5, 5.41) is 0. The second-order valence-corrected chi connectivity index (χ2v) is 4.17. The molecule has 0 atom stereocenters. The predicted octanol–water partition coefficient (Wildman–Crippen LogP) is 1.79. The molecule has 0 N–H and O–H groups in total. The van der Waals surface area contributed by atoms with E-state index in [1.807, 2.05) is 24.7 Å². The molecule has 1 aromatic rings. The lowest BCUT2D eigenvalue weighted by Crippen LogP contribution is -2.38. The lowest BCUT2D eigenvalue weighted by Gasteiger charge is -2.14.